The minimum Gasteiger partial charge on any atom is -0.390 e. The smallest absolute Gasteiger partial charge is 0.182 e. The molecule has 0 bridgehead atoms. The normalized spacial score (nSPS) is 22.3. The Kier molecular flexibility index (Phi) is 4.40. The Morgan fingerprint density at radius 3 is 2.90 bits per heavy atom. The van der Waals surface area contributed by atoms with Crippen LogP contribution in [0.1, 0.15) is 37.4 Å². The van der Waals surface area contributed by atoms with Crippen LogP contribution < -0.4 is 10.2 Å². The Hall–Kier alpha value is -2.71. The number of anilines is 2. The van der Waals surface area contributed by atoms with Gasteiger partial charge in [-0.1, -0.05) is 6.07 Å². The largest absolute Gasteiger partial charge is 0.390 e. The van der Waals surface area contributed by atoms with Crippen LogP contribution in [0.2, 0.25) is 0 Å². The van der Waals surface area contributed by atoms with Crippen molar-refractivity contribution in [1.29, 1.82) is 0 Å². The van der Waals surface area contributed by atoms with Gasteiger partial charge in [0.05, 0.1) is 31.2 Å². The van der Waals surface area contributed by atoms with Crippen LogP contribution in [0.4, 0.5) is 11.5 Å². The van der Waals surface area contributed by atoms with Gasteiger partial charge in [-0.15, -0.1) is 0 Å². The van der Waals surface area contributed by atoms with Crippen molar-refractivity contribution in [3.8, 4) is 5.69 Å². The molecule has 1 atom stereocenters. The van der Waals surface area contributed by atoms with E-state index in [2.05, 4.69) is 34.4 Å². The van der Waals surface area contributed by atoms with Crippen LogP contribution in [-0.4, -0.2) is 57.2 Å². The molecule has 0 aliphatic carbocycles. The SMILES string of the molecule is C[C@H]1CC2(CCN(c3nc4cnn(-c5cccc6c5CCN6)c4nc3CO)CC2)CO1. The lowest BCUT2D eigenvalue weighted by Crippen LogP contribution is -2.41. The summed E-state index contributed by atoms with van der Waals surface area (Å²) in [4.78, 5) is 12.0. The molecular formula is C23H28N6O2. The fraction of sp³-hybridized carbons (Fsp3) is 0.522. The van der Waals surface area contributed by atoms with Gasteiger partial charge in [0, 0.05) is 30.9 Å². The van der Waals surface area contributed by atoms with Crippen molar-refractivity contribution < 1.29 is 9.84 Å². The standard InChI is InChI=1S/C23H28N6O2/c1-15-11-23(14-31-15)6-9-28(10-7-23)21-19(13-30)27-22-18(26-21)12-25-29(22)20-4-2-3-17-16(20)5-8-24-17/h2-4,12,15,24,30H,5-11,13-14H2,1H3/t15-/m0/s1. The molecule has 162 valence electrons. The lowest BCUT2D eigenvalue weighted by Gasteiger charge is -2.39. The zero-order chi connectivity index (χ0) is 21.0. The molecule has 2 fully saturated rings. The second kappa shape index (κ2) is 7.17. The number of rotatable bonds is 3. The molecule has 6 rings (SSSR count). The minimum atomic E-state index is -0.139. The number of benzene rings is 1. The van der Waals surface area contributed by atoms with E-state index < -0.39 is 0 Å². The van der Waals surface area contributed by atoms with E-state index in [0.717, 1.165) is 74.6 Å². The molecule has 2 aromatic heterocycles. The van der Waals surface area contributed by atoms with E-state index in [1.165, 1.54) is 5.56 Å². The molecule has 0 radical (unpaired) electrons. The second-order valence-corrected chi connectivity index (χ2v) is 9.21. The van der Waals surface area contributed by atoms with Crippen LogP contribution in [0.15, 0.2) is 24.4 Å². The van der Waals surface area contributed by atoms with Gasteiger partial charge in [0.25, 0.3) is 0 Å². The fourth-order valence-corrected chi connectivity index (χ4v) is 5.52. The van der Waals surface area contributed by atoms with Crippen molar-refractivity contribution >= 4 is 22.7 Å². The summed E-state index contributed by atoms with van der Waals surface area (Å²) in [7, 11) is 0. The number of aliphatic hydroxyl groups is 1. The third kappa shape index (κ3) is 3.08. The molecule has 0 saturated carbocycles. The lowest BCUT2D eigenvalue weighted by atomic mass is 9.77. The first kappa shape index (κ1) is 19.0. The number of aromatic nitrogens is 4. The first-order chi connectivity index (χ1) is 15.2. The quantitative estimate of drug-likeness (QED) is 0.673. The number of ether oxygens (including phenoxy) is 1. The van der Waals surface area contributed by atoms with Gasteiger partial charge in [-0.25, -0.2) is 14.6 Å². The summed E-state index contributed by atoms with van der Waals surface area (Å²) in [5.74, 6) is 0.788. The van der Waals surface area contributed by atoms with Gasteiger partial charge in [0.1, 0.15) is 11.2 Å². The van der Waals surface area contributed by atoms with Crippen molar-refractivity contribution in [1.82, 2.24) is 19.7 Å². The van der Waals surface area contributed by atoms with E-state index in [9.17, 15) is 5.11 Å². The van der Waals surface area contributed by atoms with Gasteiger partial charge in [0.2, 0.25) is 0 Å². The molecule has 8 nitrogen and oxygen atoms in total. The van der Waals surface area contributed by atoms with Gasteiger partial charge in [-0.3, -0.25) is 0 Å². The molecule has 0 unspecified atom stereocenters. The van der Waals surface area contributed by atoms with Crippen molar-refractivity contribution in [3.63, 3.8) is 0 Å². The molecule has 2 N–H and O–H groups in total. The Labute approximate surface area is 181 Å². The molecule has 1 spiro atoms. The van der Waals surface area contributed by atoms with E-state index in [1.54, 1.807) is 6.20 Å². The predicted octanol–water partition coefficient (Wildman–Crippen LogP) is 2.67. The van der Waals surface area contributed by atoms with Crippen LogP contribution in [0, 0.1) is 5.41 Å². The molecule has 3 aromatic rings. The molecule has 0 amide bonds. The summed E-state index contributed by atoms with van der Waals surface area (Å²) in [5, 5.41) is 18.1. The van der Waals surface area contributed by atoms with Gasteiger partial charge < -0.3 is 20.1 Å². The van der Waals surface area contributed by atoms with Crippen molar-refractivity contribution in [3.05, 3.63) is 35.7 Å². The third-order valence-corrected chi connectivity index (χ3v) is 7.19. The van der Waals surface area contributed by atoms with Crippen LogP contribution >= 0.6 is 0 Å². The number of aliphatic hydroxyl groups excluding tert-OH is 1. The third-order valence-electron chi connectivity index (χ3n) is 7.19. The molecule has 31 heavy (non-hydrogen) atoms. The lowest BCUT2D eigenvalue weighted by molar-refractivity contribution is 0.0975. The summed E-state index contributed by atoms with van der Waals surface area (Å²) in [6, 6.07) is 6.20. The van der Waals surface area contributed by atoms with Crippen molar-refractivity contribution in [2.45, 2.75) is 45.3 Å². The number of hydrogen-bond acceptors (Lipinski definition) is 7. The van der Waals surface area contributed by atoms with Crippen LogP contribution in [-0.2, 0) is 17.8 Å². The first-order valence-electron chi connectivity index (χ1n) is 11.2. The zero-order valence-corrected chi connectivity index (χ0v) is 17.8. The van der Waals surface area contributed by atoms with Gasteiger partial charge in [-0.2, -0.15) is 5.10 Å². The Bertz CT molecular complexity index is 1130. The van der Waals surface area contributed by atoms with Gasteiger partial charge >= 0.3 is 0 Å². The highest BCUT2D eigenvalue weighted by Crippen LogP contribution is 2.42. The van der Waals surface area contributed by atoms with E-state index in [-0.39, 0.29) is 6.61 Å². The molecule has 2 saturated heterocycles. The molecule has 3 aliphatic heterocycles. The number of nitrogens with zero attached hydrogens (tertiary/aromatic N) is 5. The van der Waals surface area contributed by atoms with Crippen LogP contribution in [0.5, 0.6) is 0 Å². The second-order valence-electron chi connectivity index (χ2n) is 9.21. The van der Waals surface area contributed by atoms with Gasteiger partial charge in [0.15, 0.2) is 11.5 Å². The van der Waals surface area contributed by atoms with Crippen molar-refractivity contribution in [2.75, 3.05) is 36.5 Å². The zero-order valence-electron chi connectivity index (χ0n) is 17.8. The summed E-state index contributed by atoms with van der Waals surface area (Å²) in [6.45, 7) is 5.65. The predicted molar refractivity (Wildman–Crippen MR) is 119 cm³/mol. The molecular weight excluding hydrogens is 392 g/mol. The van der Waals surface area contributed by atoms with E-state index in [1.807, 2.05) is 10.7 Å². The minimum absolute atomic E-state index is 0.139. The maximum atomic E-state index is 10.1. The summed E-state index contributed by atoms with van der Waals surface area (Å²) in [6.07, 6.45) is 6.42. The topological polar surface area (TPSA) is 88.3 Å². The number of hydrogen-bond donors (Lipinski definition) is 2. The van der Waals surface area contributed by atoms with Gasteiger partial charge in [-0.05, 0) is 50.2 Å². The highest BCUT2D eigenvalue weighted by atomic mass is 16.5. The number of fused-ring (bicyclic) bond motifs is 2. The molecule has 3 aliphatic rings. The first-order valence-corrected chi connectivity index (χ1v) is 11.2. The van der Waals surface area contributed by atoms with E-state index >= 15 is 0 Å². The summed E-state index contributed by atoms with van der Waals surface area (Å²) in [5.41, 5.74) is 5.80. The van der Waals surface area contributed by atoms with E-state index in [0.29, 0.717) is 22.9 Å². The maximum absolute atomic E-state index is 10.1. The summed E-state index contributed by atoms with van der Waals surface area (Å²) >= 11 is 0. The van der Waals surface area contributed by atoms with E-state index in [4.69, 9.17) is 14.7 Å². The Morgan fingerprint density at radius 2 is 2.13 bits per heavy atom. The average Bonchev–Trinajstić information content (AvgIpc) is 3.52. The number of nitrogens with one attached hydrogen (secondary N) is 1. The van der Waals surface area contributed by atoms with Crippen molar-refractivity contribution in [2.24, 2.45) is 5.41 Å². The monoisotopic (exact) mass is 420 g/mol. The molecule has 8 heteroatoms. The Morgan fingerprint density at radius 1 is 1.26 bits per heavy atom. The summed E-state index contributed by atoms with van der Waals surface area (Å²) < 4.78 is 7.72. The van der Waals surface area contributed by atoms with Crippen LogP contribution in [0.3, 0.4) is 0 Å². The highest BCUT2D eigenvalue weighted by molar-refractivity contribution is 5.76. The molecule has 5 heterocycles. The van der Waals surface area contributed by atoms with Crippen LogP contribution in [0.25, 0.3) is 16.9 Å². The fourth-order valence-electron chi connectivity index (χ4n) is 5.52. The maximum Gasteiger partial charge on any atom is 0.182 e. The average molecular weight is 421 g/mol. The molecule has 1 aromatic carbocycles. The number of piperidine rings is 1. The highest BCUT2D eigenvalue weighted by Gasteiger charge is 2.41. The Balaban J connectivity index is 1.34.